The molecule has 0 aliphatic heterocycles. The van der Waals surface area contributed by atoms with Crippen LogP contribution in [0.4, 0.5) is 0 Å². The van der Waals surface area contributed by atoms with Gasteiger partial charge in [-0.2, -0.15) is 4.98 Å². The second-order valence-corrected chi connectivity index (χ2v) is 6.60. The fraction of sp³-hybridized carbons (Fsp3) is 0.318. The van der Waals surface area contributed by atoms with Crippen molar-refractivity contribution in [3.63, 3.8) is 0 Å². The van der Waals surface area contributed by atoms with Gasteiger partial charge in [0.05, 0.1) is 26.3 Å². The van der Waals surface area contributed by atoms with Gasteiger partial charge in [0, 0.05) is 13.1 Å². The molecule has 0 spiro atoms. The van der Waals surface area contributed by atoms with E-state index in [0.717, 1.165) is 0 Å². The van der Waals surface area contributed by atoms with Crippen LogP contribution in [0.3, 0.4) is 0 Å². The minimum atomic E-state index is -0.596. The van der Waals surface area contributed by atoms with Gasteiger partial charge in [-0.15, -0.1) is 0 Å². The predicted molar refractivity (Wildman–Crippen MR) is 110 cm³/mol. The third kappa shape index (κ3) is 4.89. The first-order chi connectivity index (χ1) is 14.5. The summed E-state index contributed by atoms with van der Waals surface area (Å²) in [5, 5.41) is 4.02. The third-order valence-electron chi connectivity index (χ3n) is 4.53. The molecule has 30 heavy (non-hydrogen) atoms. The molecule has 1 aromatic heterocycles. The Hall–Kier alpha value is -3.55. The average molecular weight is 411 g/mol. The zero-order valence-electron chi connectivity index (χ0n) is 17.5. The lowest BCUT2D eigenvalue weighted by Crippen LogP contribution is -2.39. The van der Waals surface area contributed by atoms with Gasteiger partial charge in [-0.1, -0.05) is 30.3 Å². The number of nitrogens with zero attached hydrogens (tertiary/aromatic N) is 3. The summed E-state index contributed by atoms with van der Waals surface area (Å²) in [6, 6.07) is 14.6. The minimum absolute atomic E-state index is 0.164. The molecule has 8 nitrogen and oxygen atoms in total. The standard InChI is InChI=1S/C22H25N3O5/c1-5-18(29-15-9-7-6-8-10-15)22(26)25(2)14-20-23-21(24-30-20)17-12-11-16(27-3)13-19(17)28-4/h6-13,18H,5,14H2,1-4H3/t18-/m0/s1. The van der Waals surface area contributed by atoms with E-state index < -0.39 is 6.10 Å². The average Bonchev–Trinajstić information content (AvgIpc) is 3.25. The summed E-state index contributed by atoms with van der Waals surface area (Å²) in [6.07, 6.45) is -0.0580. The lowest BCUT2D eigenvalue weighted by atomic mass is 10.2. The van der Waals surface area contributed by atoms with Gasteiger partial charge in [0.25, 0.3) is 5.91 Å². The molecular formula is C22H25N3O5. The Labute approximate surface area is 175 Å². The van der Waals surface area contributed by atoms with E-state index in [1.54, 1.807) is 39.5 Å². The van der Waals surface area contributed by atoms with Crippen LogP contribution in [0.5, 0.6) is 17.2 Å². The first-order valence-electron chi connectivity index (χ1n) is 9.57. The monoisotopic (exact) mass is 411 g/mol. The highest BCUT2D eigenvalue weighted by atomic mass is 16.5. The molecule has 0 saturated carbocycles. The van der Waals surface area contributed by atoms with Crippen LogP contribution in [0.1, 0.15) is 19.2 Å². The van der Waals surface area contributed by atoms with Crippen LogP contribution < -0.4 is 14.2 Å². The van der Waals surface area contributed by atoms with Crippen molar-refractivity contribution in [2.75, 3.05) is 21.3 Å². The largest absolute Gasteiger partial charge is 0.497 e. The van der Waals surface area contributed by atoms with Crippen molar-refractivity contribution < 1.29 is 23.5 Å². The predicted octanol–water partition coefficient (Wildman–Crippen LogP) is 3.57. The minimum Gasteiger partial charge on any atom is -0.497 e. The fourth-order valence-electron chi connectivity index (χ4n) is 2.91. The van der Waals surface area contributed by atoms with E-state index in [9.17, 15) is 4.79 Å². The number of para-hydroxylation sites is 1. The van der Waals surface area contributed by atoms with E-state index in [0.29, 0.717) is 40.9 Å². The summed E-state index contributed by atoms with van der Waals surface area (Å²) in [5.41, 5.74) is 0.668. The number of methoxy groups -OCH3 is 2. The second kappa shape index (κ2) is 9.78. The molecule has 1 atom stereocenters. The molecule has 0 unspecified atom stereocenters. The molecule has 3 rings (SSSR count). The number of likely N-dealkylation sites (N-methyl/N-ethyl adjacent to an activating group) is 1. The Morgan fingerprint density at radius 1 is 1.10 bits per heavy atom. The van der Waals surface area contributed by atoms with Gasteiger partial charge in [-0.3, -0.25) is 4.79 Å². The third-order valence-corrected chi connectivity index (χ3v) is 4.53. The molecule has 0 aliphatic carbocycles. The first-order valence-corrected chi connectivity index (χ1v) is 9.57. The number of carbonyl (C=O) groups is 1. The number of aromatic nitrogens is 2. The Kier molecular flexibility index (Phi) is 6.90. The summed E-state index contributed by atoms with van der Waals surface area (Å²) < 4.78 is 21.8. The highest BCUT2D eigenvalue weighted by Gasteiger charge is 2.24. The van der Waals surface area contributed by atoms with Gasteiger partial charge in [-0.25, -0.2) is 0 Å². The number of ether oxygens (including phenoxy) is 3. The molecule has 8 heteroatoms. The Balaban J connectivity index is 1.69. The number of benzene rings is 2. The number of hydrogen-bond acceptors (Lipinski definition) is 7. The molecule has 3 aromatic rings. The van der Waals surface area contributed by atoms with Crippen molar-refractivity contribution in [1.29, 1.82) is 0 Å². The number of rotatable bonds is 9. The molecule has 0 aliphatic rings. The topological polar surface area (TPSA) is 86.9 Å². The van der Waals surface area contributed by atoms with Gasteiger partial charge in [0.1, 0.15) is 17.2 Å². The summed E-state index contributed by atoms with van der Waals surface area (Å²) >= 11 is 0. The quantitative estimate of drug-likeness (QED) is 0.532. The van der Waals surface area contributed by atoms with Crippen LogP contribution in [-0.2, 0) is 11.3 Å². The SMILES string of the molecule is CC[C@H](Oc1ccccc1)C(=O)N(C)Cc1nc(-c2ccc(OC)cc2OC)no1. The van der Waals surface area contributed by atoms with Crippen LogP contribution in [0.2, 0.25) is 0 Å². The zero-order chi connectivity index (χ0) is 21.5. The number of hydrogen-bond donors (Lipinski definition) is 0. The van der Waals surface area contributed by atoms with Gasteiger partial charge in [-0.05, 0) is 30.7 Å². The Morgan fingerprint density at radius 2 is 1.87 bits per heavy atom. The molecule has 2 aromatic carbocycles. The van der Waals surface area contributed by atoms with Crippen LogP contribution in [0, 0.1) is 0 Å². The van der Waals surface area contributed by atoms with Gasteiger partial charge >= 0.3 is 0 Å². The van der Waals surface area contributed by atoms with Crippen molar-refractivity contribution in [3.05, 3.63) is 54.4 Å². The molecule has 0 saturated heterocycles. The highest BCUT2D eigenvalue weighted by Crippen LogP contribution is 2.31. The van der Waals surface area contributed by atoms with Crippen molar-refractivity contribution in [2.45, 2.75) is 26.0 Å². The van der Waals surface area contributed by atoms with E-state index in [1.807, 2.05) is 37.3 Å². The summed E-state index contributed by atoms with van der Waals surface area (Å²) in [6.45, 7) is 2.07. The van der Waals surface area contributed by atoms with Crippen molar-refractivity contribution in [3.8, 4) is 28.6 Å². The van der Waals surface area contributed by atoms with E-state index in [-0.39, 0.29) is 12.5 Å². The van der Waals surface area contributed by atoms with E-state index >= 15 is 0 Å². The lowest BCUT2D eigenvalue weighted by Gasteiger charge is -2.22. The molecule has 158 valence electrons. The highest BCUT2D eigenvalue weighted by molar-refractivity contribution is 5.81. The Bertz CT molecular complexity index is 974. The Morgan fingerprint density at radius 3 is 2.53 bits per heavy atom. The molecule has 0 radical (unpaired) electrons. The van der Waals surface area contributed by atoms with Gasteiger partial charge < -0.3 is 23.6 Å². The molecule has 1 heterocycles. The normalized spacial score (nSPS) is 11.6. The van der Waals surface area contributed by atoms with Crippen molar-refractivity contribution in [1.82, 2.24) is 15.0 Å². The van der Waals surface area contributed by atoms with Crippen molar-refractivity contribution >= 4 is 5.91 Å². The van der Waals surface area contributed by atoms with Gasteiger partial charge in [0.15, 0.2) is 6.10 Å². The smallest absolute Gasteiger partial charge is 0.263 e. The van der Waals surface area contributed by atoms with Crippen LogP contribution in [0.15, 0.2) is 53.1 Å². The maximum Gasteiger partial charge on any atom is 0.263 e. The van der Waals surface area contributed by atoms with Crippen molar-refractivity contribution in [2.24, 2.45) is 0 Å². The van der Waals surface area contributed by atoms with Crippen LogP contribution in [-0.4, -0.2) is 48.3 Å². The molecule has 0 N–H and O–H groups in total. The van der Waals surface area contributed by atoms with Crippen LogP contribution >= 0.6 is 0 Å². The van der Waals surface area contributed by atoms with E-state index in [2.05, 4.69) is 10.1 Å². The second-order valence-electron chi connectivity index (χ2n) is 6.60. The lowest BCUT2D eigenvalue weighted by molar-refractivity contribution is -0.138. The molecular weight excluding hydrogens is 386 g/mol. The molecule has 0 fully saturated rings. The van der Waals surface area contributed by atoms with E-state index in [1.165, 1.54) is 4.90 Å². The molecule has 0 bridgehead atoms. The summed E-state index contributed by atoms with van der Waals surface area (Å²) in [7, 11) is 4.82. The summed E-state index contributed by atoms with van der Waals surface area (Å²) in [4.78, 5) is 18.7. The van der Waals surface area contributed by atoms with E-state index in [4.69, 9.17) is 18.7 Å². The molecule has 1 amide bonds. The van der Waals surface area contributed by atoms with Gasteiger partial charge in [0.2, 0.25) is 11.7 Å². The first kappa shape index (κ1) is 21.2. The zero-order valence-corrected chi connectivity index (χ0v) is 17.5. The van der Waals surface area contributed by atoms with Crippen LogP contribution in [0.25, 0.3) is 11.4 Å². The number of carbonyl (C=O) groups excluding carboxylic acids is 1. The maximum atomic E-state index is 12.8. The fourth-order valence-corrected chi connectivity index (χ4v) is 2.91. The summed E-state index contributed by atoms with van der Waals surface area (Å²) in [5.74, 6) is 2.40. The number of amides is 1. The maximum absolute atomic E-state index is 12.8.